The van der Waals surface area contributed by atoms with Gasteiger partial charge in [0.1, 0.15) is 5.75 Å². The van der Waals surface area contributed by atoms with Gasteiger partial charge < -0.3 is 19.9 Å². The van der Waals surface area contributed by atoms with E-state index in [1.54, 1.807) is 18.3 Å². The number of pyridine rings is 1. The van der Waals surface area contributed by atoms with E-state index >= 15 is 0 Å². The molecular formula is C32H37F3N4O3. The van der Waals surface area contributed by atoms with Gasteiger partial charge in [-0.1, -0.05) is 30.3 Å². The van der Waals surface area contributed by atoms with E-state index in [1.807, 2.05) is 36.0 Å². The van der Waals surface area contributed by atoms with Crippen molar-refractivity contribution in [3.05, 3.63) is 78.1 Å². The molecule has 0 aliphatic carbocycles. The highest BCUT2D eigenvalue weighted by Crippen LogP contribution is 2.27. The number of halogens is 3. The van der Waals surface area contributed by atoms with Crippen molar-refractivity contribution >= 4 is 17.5 Å². The largest absolute Gasteiger partial charge is 0.573 e. The summed E-state index contributed by atoms with van der Waals surface area (Å²) in [6, 6.07) is 17.8. The number of ether oxygens (including phenoxy) is 1. The molecule has 2 amide bonds. The van der Waals surface area contributed by atoms with Crippen LogP contribution in [0.3, 0.4) is 0 Å². The molecule has 0 radical (unpaired) electrons. The molecule has 1 aliphatic heterocycles. The van der Waals surface area contributed by atoms with E-state index in [4.69, 9.17) is 0 Å². The summed E-state index contributed by atoms with van der Waals surface area (Å²) >= 11 is 0. The minimum absolute atomic E-state index is 0.0111. The fraction of sp³-hybridized carbons (Fsp3) is 0.406. The zero-order valence-corrected chi connectivity index (χ0v) is 24.0. The smallest absolute Gasteiger partial charge is 0.406 e. The third-order valence-corrected chi connectivity index (χ3v) is 7.47. The summed E-state index contributed by atoms with van der Waals surface area (Å²) < 4.78 is 41.0. The van der Waals surface area contributed by atoms with Crippen molar-refractivity contribution in [2.75, 3.05) is 38.6 Å². The van der Waals surface area contributed by atoms with Crippen molar-refractivity contribution < 1.29 is 27.5 Å². The minimum atomic E-state index is -4.72. The second-order valence-electron chi connectivity index (χ2n) is 10.8. The van der Waals surface area contributed by atoms with Gasteiger partial charge in [-0.15, -0.1) is 13.2 Å². The van der Waals surface area contributed by atoms with Gasteiger partial charge in [-0.25, -0.2) is 0 Å². The van der Waals surface area contributed by atoms with E-state index < -0.39 is 6.36 Å². The highest BCUT2D eigenvalue weighted by atomic mass is 19.4. The van der Waals surface area contributed by atoms with Crippen LogP contribution in [0.2, 0.25) is 0 Å². The molecule has 0 spiro atoms. The van der Waals surface area contributed by atoms with Crippen molar-refractivity contribution in [2.45, 2.75) is 44.9 Å². The molecule has 1 aromatic heterocycles. The number of anilines is 1. The number of rotatable bonds is 11. The summed E-state index contributed by atoms with van der Waals surface area (Å²) in [5.74, 6) is 0.0447. The van der Waals surface area contributed by atoms with Crippen LogP contribution in [-0.4, -0.2) is 61.8 Å². The van der Waals surface area contributed by atoms with Crippen molar-refractivity contribution in [3.8, 4) is 16.9 Å². The van der Waals surface area contributed by atoms with Gasteiger partial charge in [-0.2, -0.15) is 0 Å². The first-order valence-corrected chi connectivity index (χ1v) is 14.2. The Kier molecular flexibility index (Phi) is 10.4. The molecule has 0 saturated carbocycles. The van der Waals surface area contributed by atoms with Crippen molar-refractivity contribution in [3.63, 3.8) is 0 Å². The van der Waals surface area contributed by atoms with Crippen LogP contribution in [-0.2, 0) is 22.4 Å². The first-order valence-electron chi connectivity index (χ1n) is 14.2. The lowest BCUT2D eigenvalue weighted by atomic mass is 9.91. The molecule has 0 bridgehead atoms. The maximum atomic E-state index is 12.7. The topological polar surface area (TPSA) is 74.8 Å². The van der Waals surface area contributed by atoms with Gasteiger partial charge in [-0.05, 0) is 73.1 Å². The number of carbonyl (C=O) groups is 2. The molecule has 0 atom stereocenters. The second kappa shape index (κ2) is 14.2. The standard InChI is InChI=1S/C32H37F3N4O3/c1-38(2)28-9-3-23(4-10-28)15-18-36-30(40)13-14-31(41)39-19-16-24(17-20-39)21-27-8-5-26(22-37-27)25-6-11-29(12-7-25)42-32(33,34)35/h3-12,22,24H,13-21H2,1-2H3,(H,36,40). The van der Waals surface area contributed by atoms with Crippen LogP contribution >= 0.6 is 0 Å². The zero-order valence-electron chi connectivity index (χ0n) is 24.0. The summed E-state index contributed by atoms with van der Waals surface area (Å²) in [6.07, 6.45) is 0.675. The summed E-state index contributed by atoms with van der Waals surface area (Å²) in [5.41, 5.74) is 4.77. The first-order chi connectivity index (χ1) is 20.1. The SMILES string of the molecule is CN(C)c1ccc(CCNC(=O)CCC(=O)N2CCC(Cc3ccc(-c4ccc(OC(F)(F)F)cc4)cn3)CC2)cc1. The van der Waals surface area contributed by atoms with E-state index in [0.29, 0.717) is 25.6 Å². The monoisotopic (exact) mass is 582 g/mol. The Labute approximate surface area is 244 Å². The average molecular weight is 583 g/mol. The molecule has 1 fully saturated rings. The Morgan fingerprint density at radius 1 is 0.952 bits per heavy atom. The Bertz CT molecular complexity index is 1300. The quantitative estimate of drug-likeness (QED) is 0.317. The van der Waals surface area contributed by atoms with Gasteiger partial charge in [0, 0.05) is 69.7 Å². The number of nitrogens with zero attached hydrogens (tertiary/aromatic N) is 3. The summed E-state index contributed by atoms with van der Waals surface area (Å²) in [6.45, 7) is 1.87. The predicted octanol–water partition coefficient (Wildman–Crippen LogP) is 5.63. The lowest BCUT2D eigenvalue weighted by Gasteiger charge is -2.32. The van der Waals surface area contributed by atoms with Gasteiger partial charge in [0.15, 0.2) is 0 Å². The Hall–Kier alpha value is -4.08. The number of nitrogens with one attached hydrogen (secondary N) is 1. The number of alkyl halides is 3. The molecule has 0 unspecified atom stereocenters. The molecule has 10 heteroatoms. The van der Waals surface area contributed by atoms with Crippen LogP contribution < -0.4 is 15.0 Å². The van der Waals surface area contributed by atoms with Gasteiger partial charge in [0.05, 0.1) is 0 Å². The molecule has 3 aromatic rings. The van der Waals surface area contributed by atoms with Crippen LogP contribution in [0.15, 0.2) is 66.9 Å². The number of amides is 2. The van der Waals surface area contributed by atoms with Crippen LogP contribution in [0.5, 0.6) is 5.75 Å². The van der Waals surface area contributed by atoms with E-state index in [-0.39, 0.29) is 30.4 Å². The number of benzene rings is 2. The third kappa shape index (κ3) is 9.49. The fourth-order valence-corrected chi connectivity index (χ4v) is 5.02. The molecular weight excluding hydrogens is 545 g/mol. The molecule has 1 N–H and O–H groups in total. The summed E-state index contributed by atoms with van der Waals surface area (Å²) in [4.78, 5) is 33.4. The van der Waals surface area contributed by atoms with Crippen LogP contribution in [0.4, 0.5) is 18.9 Å². The van der Waals surface area contributed by atoms with Crippen LogP contribution in [0.1, 0.15) is 36.9 Å². The number of piperidine rings is 1. The number of carbonyl (C=O) groups excluding carboxylic acids is 2. The second-order valence-corrected chi connectivity index (χ2v) is 10.8. The molecule has 7 nitrogen and oxygen atoms in total. The number of aromatic nitrogens is 1. The van der Waals surface area contributed by atoms with E-state index in [0.717, 1.165) is 53.8 Å². The number of likely N-dealkylation sites (tertiary alicyclic amines) is 1. The van der Waals surface area contributed by atoms with Gasteiger partial charge in [-0.3, -0.25) is 14.6 Å². The van der Waals surface area contributed by atoms with E-state index in [2.05, 4.69) is 39.3 Å². The molecule has 42 heavy (non-hydrogen) atoms. The van der Waals surface area contributed by atoms with Gasteiger partial charge >= 0.3 is 6.36 Å². The molecule has 224 valence electrons. The minimum Gasteiger partial charge on any atom is -0.406 e. The number of hydrogen-bond acceptors (Lipinski definition) is 5. The van der Waals surface area contributed by atoms with Crippen molar-refractivity contribution in [1.29, 1.82) is 0 Å². The van der Waals surface area contributed by atoms with Crippen molar-refractivity contribution in [1.82, 2.24) is 15.2 Å². The van der Waals surface area contributed by atoms with Gasteiger partial charge in [0.2, 0.25) is 11.8 Å². The Morgan fingerprint density at radius 2 is 1.62 bits per heavy atom. The molecule has 1 aliphatic rings. The zero-order chi connectivity index (χ0) is 30.1. The third-order valence-electron chi connectivity index (χ3n) is 7.47. The van der Waals surface area contributed by atoms with Gasteiger partial charge in [0.25, 0.3) is 0 Å². The molecule has 1 saturated heterocycles. The van der Waals surface area contributed by atoms with E-state index in [1.165, 1.54) is 12.1 Å². The highest BCUT2D eigenvalue weighted by molar-refractivity contribution is 5.83. The fourth-order valence-electron chi connectivity index (χ4n) is 5.02. The molecule has 2 heterocycles. The lowest BCUT2D eigenvalue weighted by molar-refractivity contribution is -0.274. The van der Waals surface area contributed by atoms with Crippen LogP contribution in [0, 0.1) is 5.92 Å². The first kappa shape index (κ1) is 30.9. The number of hydrogen-bond donors (Lipinski definition) is 1. The maximum absolute atomic E-state index is 12.7. The lowest BCUT2D eigenvalue weighted by Crippen LogP contribution is -2.39. The van der Waals surface area contributed by atoms with E-state index in [9.17, 15) is 22.8 Å². The Morgan fingerprint density at radius 3 is 2.21 bits per heavy atom. The average Bonchev–Trinajstić information content (AvgIpc) is 2.96. The highest BCUT2D eigenvalue weighted by Gasteiger charge is 2.31. The Balaban J connectivity index is 1.13. The molecule has 2 aromatic carbocycles. The summed E-state index contributed by atoms with van der Waals surface area (Å²) in [5, 5.41) is 2.91. The summed E-state index contributed by atoms with van der Waals surface area (Å²) in [7, 11) is 3.99. The van der Waals surface area contributed by atoms with Crippen molar-refractivity contribution in [2.24, 2.45) is 5.92 Å². The predicted molar refractivity (Wildman–Crippen MR) is 156 cm³/mol. The maximum Gasteiger partial charge on any atom is 0.573 e. The normalized spacial score (nSPS) is 14.0. The van der Waals surface area contributed by atoms with Crippen LogP contribution in [0.25, 0.3) is 11.1 Å². The molecule has 4 rings (SSSR count).